The summed E-state index contributed by atoms with van der Waals surface area (Å²) in [5.41, 5.74) is 2.25. The number of amides is 3. The van der Waals surface area contributed by atoms with Crippen LogP contribution in [0.15, 0.2) is 45.8 Å². The summed E-state index contributed by atoms with van der Waals surface area (Å²) in [5.74, 6) is 0.141. The summed E-state index contributed by atoms with van der Waals surface area (Å²) in [6.45, 7) is -0.246. The van der Waals surface area contributed by atoms with Crippen LogP contribution in [0.25, 0.3) is 6.08 Å². The molecule has 3 amide bonds. The number of halogens is 1. The van der Waals surface area contributed by atoms with Crippen LogP contribution in [0.2, 0.25) is 0 Å². The smallest absolute Gasteiger partial charge is 0.294 e. The Hall–Kier alpha value is -2.98. The highest BCUT2D eigenvalue weighted by Crippen LogP contribution is 2.35. The molecule has 0 bridgehead atoms. The fourth-order valence-electron chi connectivity index (χ4n) is 3.08. The highest BCUT2D eigenvalue weighted by molar-refractivity contribution is 9.10. The number of rotatable bonds is 5. The molecule has 1 N–H and O–H groups in total. The maximum absolute atomic E-state index is 12.7. The Balaban J connectivity index is 1.44. The Kier molecular flexibility index (Phi) is 5.92. The summed E-state index contributed by atoms with van der Waals surface area (Å²) in [6, 6.07) is 10.6. The minimum absolute atomic E-state index is 0.129. The van der Waals surface area contributed by atoms with Gasteiger partial charge in [0, 0.05) is 30.3 Å². The number of nitrogens with zero attached hydrogens (tertiary/aromatic N) is 2. The van der Waals surface area contributed by atoms with E-state index in [9.17, 15) is 14.4 Å². The number of thioether (sulfide) groups is 1. The average molecular weight is 504 g/mol. The second kappa shape index (κ2) is 8.64. The van der Waals surface area contributed by atoms with E-state index in [0.29, 0.717) is 17.2 Å². The summed E-state index contributed by atoms with van der Waals surface area (Å²) in [7, 11) is 3.86. The Bertz CT molecular complexity index is 1120. The molecule has 2 aliphatic heterocycles. The third kappa shape index (κ3) is 4.54. The molecule has 10 heteroatoms. The molecule has 1 fully saturated rings. The van der Waals surface area contributed by atoms with Crippen LogP contribution in [-0.4, -0.2) is 49.4 Å². The minimum atomic E-state index is -0.497. The molecule has 2 aromatic rings. The quantitative estimate of drug-likeness (QED) is 0.618. The molecule has 0 radical (unpaired) electrons. The van der Waals surface area contributed by atoms with Crippen molar-refractivity contribution in [3.63, 3.8) is 0 Å². The molecule has 0 spiro atoms. The molecule has 31 heavy (non-hydrogen) atoms. The van der Waals surface area contributed by atoms with Crippen molar-refractivity contribution in [3.05, 3.63) is 51.3 Å². The second-order valence-corrected chi connectivity index (χ2v) is 8.84. The highest BCUT2D eigenvalue weighted by atomic mass is 79.9. The third-order valence-electron chi connectivity index (χ3n) is 4.58. The zero-order valence-corrected chi connectivity index (χ0v) is 19.1. The number of ether oxygens (including phenoxy) is 2. The first kappa shape index (κ1) is 21.3. The zero-order chi connectivity index (χ0) is 22.1. The van der Waals surface area contributed by atoms with Crippen molar-refractivity contribution in [1.82, 2.24) is 4.90 Å². The Morgan fingerprint density at radius 2 is 1.97 bits per heavy atom. The number of carbonyl (C=O) groups excluding carboxylic acids is 3. The number of imide groups is 1. The highest BCUT2D eigenvalue weighted by Gasteiger charge is 2.36. The van der Waals surface area contributed by atoms with Gasteiger partial charge in [0.1, 0.15) is 6.54 Å². The number of hydrogen-bond donors (Lipinski definition) is 1. The first-order chi connectivity index (χ1) is 14.8. The maximum atomic E-state index is 12.7. The molecule has 0 unspecified atom stereocenters. The Morgan fingerprint density at radius 1 is 1.19 bits per heavy atom. The number of fused-ring (bicyclic) bond motifs is 1. The van der Waals surface area contributed by atoms with Crippen LogP contribution < -0.4 is 19.7 Å². The standard InChI is InChI=1S/C21H18BrN3O5S/c1-24(2)15-5-3-12(7-14(15)22)8-18-20(27)25(21(28)31-18)10-19(26)23-13-4-6-16-17(9-13)30-11-29-16/h3-9H,10-11H2,1-2H3,(H,23,26)/b18-8-. The van der Waals surface area contributed by atoms with Gasteiger partial charge in [-0.2, -0.15) is 0 Å². The van der Waals surface area contributed by atoms with Crippen molar-refractivity contribution >= 4 is 62.2 Å². The van der Waals surface area contributed by atoms with Gasteiger partial charge in [0.25, 0.3) is 11.1 Å². The van der Waals surface area contributed by atoms with Crippen molar-refractivity contribution in [2.24, 2.45) is 0 Å². The summed E-state index contributed by atoms with van der Waals surface area (Å²) in [6.07, 6.45) is 1.64. The lowest BCUT2D eigenvalue weighted by molar-refractivity contribution is -0.127. The van der Waals surface area contributed by atoms with Gasteiger partial charge in [-0.1, -0.05) is 6.07 Å². The SMILES string of the molecule is CN(C)c1ccc(/C=C2\SC(=O)N(CC(=O)Nc3ccc4c(c3)OCO4)C2=O)cc1Br. The molecule has 0 saturated carbocycles. The molecule has 2 aromatic carbocycles. The number of nitrogens with one attached hydrogen (secondary N) is 1. The van der Waals surface area contributed by atoms with Gasteiger partial charge in [-0.05, 0) is 63.6 Å². The van der Waals surface area contributed by atoms with Crippen LogP contribution in [0, 0.1) is 0 Å². The predicted molar refractivity (Wildman–Crippen MR) is 122 cm³/mol. The van der Waals surface area contributed by atoms with Crippen LogP contribution in [-0.2, 0) is 9.59 Å². The van der Waals surface area contributed by atoms with Gasteiger partial charge in [-0.15, -0.1) is 0 Å². The van der Waals surface area contributed by atoms with Crippen LogP contribution in [0.3, 0.4) is 0 Å². The fourth-order valence-corrected chi connectivity index (χ4v) is 4.67. The lowest BCUT2D eigenvalue weighted by Crippen LogP contribution is -2.36. The normalized spacial score (nSPS) is 16.2. The first-order valence-corrected chi connectivity index (χ1v) is 10.8. The van der Waals surface area contributed by atoms with E-state index in [2.05, 4.69) is 21.2 Å². The summed E-state index contributed by atoms with van der Waals surface area (Å²) < 4.78 is 11.4. The zero-order valence-electron chi connectivity index (χ0n) is 16.7. The summed E-state index contributed by atoms with van der Waals surface area (Å²) >= 11 is 4.32. The van der Waals surface area contributed by atoms with E-state index in [0.717, 1.165) is 32.4 Å². The summed E-state index contributed by atoms with van der Waals surface area (Å²) in [4.78, 5) is 40.6. The first-order valence-electron chi connectivity index (χ1n) is 9.23. The molecular formula is C21H18BrN3O5S. The molecule has 160 valence electrons. The van der Waals surface area contributed by atoms with E-state index in [4.69, 9.17) is 9.47 Å². The van der Waals surface area contributed by atoms with Gasteiger partial charge in [-0.25, -0.2) is 0 Å². The summed E-state index contributed by atoms with van der Waals surface area (Å²) in [5, 5.41) is 2.18. The number of hydrogen-bond acceptors (Lipinski definition) is 7. The van der Waals surface area contributed by atoms with Gasteiger partial charge in [-0.3, -0.25) is 19.3 Å². The molecule has 4 rings (SSSR count). The Morgan fingerprint density at radius 3 is 2.71 bits per heavy atom. The van der Waals surface area contributed by atoms with Gasteiger partial charge in [0.2, 0.25) is 12.7 Å². The molecule has 2 heterocycles. The van der Waals surface area contributed by atoms with Crippen LogP contribution in [0.4, 0.5) is 16.2 Å². The van der Waals surface area contributed by atoms with E-state index in [-0.39, 0.29) is 18.2 Å². The number of anilines is 2. The van der Waals surface area contributed by atoms with E-state index in [1.54, 1.807) is 24.3 Å². The minimum Gasteiger partial charge on any atom is -0.454 e. The van der Waals surface area contributed by atoms with E-state index in [1.165, 1.54) is 0 Å². The van der Waals surface area contributed by atoms with Crippen LogP contribution in [0.1, 0.15) is 5.56 Å². The molecule has 0 aromatic heterocycles. The van der Waals surface area contributed by atoms with Crippen molar-refractivity contribution in [3.8, 4) is 11.5 Å². The van der Waals surface area contributed by atoms with Crippen LogP contribution >= 0.6 is 27.7 Å². The van der Waals surface area contributed by atoms with Gasteiger partial charge in [0.15, 0.2) is 11.5 Å². The molecular weight excluding hydrogens is 486 g/mol. The van der Waals surface area contributed by atoms with Crippen LogP contribution in [0.5, 0.6) is 11.5 Å². The van der Waals surface area contributed by atoms with E-state index < -0.39 is 17.1 Å². The van der Waals surface area contributed by atoms with Crippen molar-refractivity contribution < 1.29 is 23.9 Å². The van der Waals surface area contributed by atoms with E-state index >= 15 is 0 Å². The van der Waals surface area contributed by atoms with Crippen molar-refractivity contribution in [2.45, 2.75) is 0 Å². The number of carbonyl (C=O) groups is 3. The second-order valence-electron chi connectivity index (χ2n) is 6.99. The predicted octanol–water partition coefficient (Wildman–Crippen LogP) is 3.92. The van der Waals surface area contributed by atoms with E-state index in [1.807, 2.05) is 37.2 Å². The molecule has 0 atom stereocenters. The van der Waals surface area contributed by atoms with Gasteiger partial charge < -0.3 is 19.7 Å². The van der Waals surface area contributed by atoms with Gasteiger partial charge in [0.05, 0.1) is 10.6 Å². The topological polar surface area (TPSA) is 88.2 Å². The average Bonchev–Trinajstić information content (AvgIpc) is 3.27. The largest absolute Gasteiger partial charge is 0.454 e. The Labute approximate surface area is 191 Å². The number of benzene rings is 2. The van der Waals surface area contributed by atoms with Crippen molar-refractivity contribution in [1.29, 1.82) is 0 Å². The molecule has 1 saturated heterocycles. The molecule has 8 nitrogen and oxygen atoms in total. The third-order valence-corrected chi connectivity index (χ3v) is 6.13. The lowest BCUT2D eigenvalue weighted by Gasteiger charge is -2.14. The lowest BCUT2D eigenvalue weighted by atomic mass is 10.2. The monoisotopic (exact) mass is 503 g/mol. The van der Waals surface area contributed by atoms with Crippen molar-refractivity contribution in [2.75, 3.05) is 37.6 Å². The maximum Gasteiger partial charge on any atom is 0.294 e. The fraction of sp³-hybridized carbons (Fsp3) is 0.190. The molecule has 2 aliphatic rings. The molecule has 0 aliphatic carbocycles. The van der Waals surface area contributed by atoms with Gasteiger partial charge >= 0.3 is 0 Å².